The highest BCUT2D eigenvalue weighted by Gasteiger charge is 2.26. The molecule has 0 spiro atoms. The fourth-order valence-electron chi connectivity index (χ4n) is 1.15. The Morgan fingerprint density at radius 3 is 2.09 bits per heavy atom. The zero-order valence-corrected chi connectivity index (χ0v) is 9.24. The molecule has 0 saturated carbocycles. The summed E-state index contributed by atoms with van der Waals surface area (Å²) in [5.74, 6) is 0. The van der Waals surface area contributed by atoms with E-state index in [0.717, 1.165) is 0 Å². The highest BCUT2D eigenvalue weighted by molar-refractivity contribution is 6.86. The van der Waals surface area contributed by atoms with E-state index in [0.29, 0.717) is 0 Å². The summed E-state index contributed by atoms with van der Waals surface area (Å²) >= 11 is 0. The van der Waals surface area contributed by atoms with Crippen molar-refractivity contribution in [3.8, 4) is 0 Å². The van der Waals surface area contributed by atoms with E-state index in [-0.39, 0.29) is 12.4 Å². The van der Waals surface area contributed by atoms with Gasteiger partial charge in [-0.3, -0.25) is 4.98 Å². The fourth-order valence-corrected chi connectivity index (χ4v) is 2.80. The lowest BCUT2D eigenvalue weighted by Crippen LogP contribution is -3.00. The van der Waals surface area contributed by atoms with Crippen LogP contribution >= 0.6 is 0 Å². The minimum Gasteiger partial charge on any atom is -1.00 e. The molecular formula is C7H15ClN2Si. The summed E-state index contributed by atoms with van der Waals surface area (Å²) in [5, 5.41) is 0. The number of nitrogens with one attached hydrogen (secondary N) is 1. The van der Waals surface area contributed by atoms with E-state index in [1.807, 2.05) is 6.20 Å². The quantitative estimate of drug-likeness (QED) is 0.370. The molecule has 1 rings (SSSR count). The summed E-state index contributed by atoms with van der Waals surface area (Å²) in [6.07, 6.45) is 4.06. The molecule has 64 valence electrons. The summed E-state index contributed by atoms with van der Waals surface area (Å²) in [6, 6.07) is 0. The highest BCUT2D eigenvalue weighted by Crippen LogP contribution is 1.95. The lowest BCUT2D eigenvalue weighted by atomic mass is 10.9. The molecule has 0 atom stereocenters. The smallest absolute Gasteiger partial charge is 0.218 e. The molecule has 2 nitrogen and oxygen atoms in total. The van der Waals surface area contributed by atoms with Crippen LogP contribution in [0.1, 0.15) is 0 Å². The molecular weight excluding hydrogens is 176 g/mol. The maximum Gasteiger partial charge on any atom is 0.218 e. The van der Waals surface area contributed by atoms with Crippen molar-refractivity contribution < 1.29 is 17.0 Å². The molecule has 0 saturated heterocycles. The van der Waals surface area contributed by atoms with Crippen molar-refractivity contribution in [1.29, 1.82) is 0 Å². The van der Waals surface area contributed by atoms with Crippen molar-refractivity contribution in [2.45, 2.75) is 19.6 Å². The predicted molar refractivity (Wildman–Crippen MR) is 44.9 cm³/mol. The van der Waals surface area contributed by atoms with Gasteiger partial charge >= 0.3 is 0 Å². The van der Waals surface area contributed by atoms with Crippen molar-refractivity contribution in [2.24, 2.45) is 7.05 Å². The highest BCUT2D eigenvalue weighted by atomic mass is 35.5. The van der Waals surface area contributed by atoms with Crippen molar-refractivity contribution in [2.75, 3.05) is 0 Å². The van der Waals surface area contributed by atoms with Crippen LogP contribution in [0.2, 0.25) is 19.6 Å². The summed E-state index contributed by atoms with van der Waals surface area (Å²) < 4.78 is 2.17. The van der Waals surface area contributed by atoms with Gasteiger partial charge in [0.1, 0.15) is 12.4 Å². The Morgan fingerprint density at radius 1 is 1.36 bits per heavy atom. The van der Waals surface area contributed by atoms with Crippen molar-refractivity contribution >= 4 is 13.5 Å². The number of hydrogen-bond donors (Lipinski definition) is 1. The predicted octanol–water partition coefficient (Wildman–Crippen LogP) is -2.61. The van der Waals surface area contributed by atoms with Gasteiger partial charge in [0.15, 0.2) is 8.07 Å². The second kappa shape index (κ2) is 3.41. The minimum atomic E-state index is -1.12. The van der Waals surface area contributed by atoms with Crippen LogP contribution < -0.4 is 22.4 Å². The number of aromatic nitrogens is 2. The van der Waals surface area contributed by atoms with Gasteiger partial charge in [0.25, 0.3) is 0 Å². The molecule has 0 amide bonds. The van der Waals surface area contributed by atoms with Crippen LogP contribution in [0.5, 0.6) is 0 Å². The second-order valence-corrected chi connectivity index (χ2v) is 8.64. The van der Waals surface area contributed by atoms with E-state index in [4.69, 9.17) is 0 Å². The van der Waals surface area contributed by atoms with Gasteiger partial charge in [0.2, 0.25) is 5.45 Å². The Kier molecular flexibility index (Phi) is 3.32. The topological polar surface area (TPSA) is 19.7 Å². The first-order valence-electron chi connectivity index (χ1n) is 3.55. The molecule has 0 aliphatic heterocycles. The third kappa shape index (κ3) is 2.34. The summed E-state index contributed by atoms with van der Waals surface area (Å²) in [5.41, 5.74) is 1.40. The zero-order chi connectivity index (χ0) is 7.78. The number of halogens is 1. The molecule has 0 bridgehead atoms. The van der Waals surface area contributed by atoms with Crippen LogP contribution in [0.4, 0.5) is 0 Å². The Bertz CT molecular complexity index is 227. The normalized spacial score (nSPS) is 10.9. The molecule has 0 unspecified atom stereocenters. The van der Waals surface area contributed by atoms with Gasteiger partial charge in [-0.2, -0.15) is 0 Å². The van der Waals surface area contributed by atoms with Gasteiger partial charge < -0.3 is 12.4 Å². The second-order valence-electron chi connectivity index (χ2n) is 3.67. The van der Waals surface area contributed by atoms with Gasteiger partial charge in [-0.1, -0.05) is 19.6 Å². The molecule has 0 aliphatic rings. The zero-order valence-electron chi connectivity index (χ0n) is 7.48. The summed E-state index contributed by atoms with van der Waals surface area (Å²) in [7, 11) is 0.969. The Balaban J connectivity index is 0.000001000. The van der Waals surface area contributed by atoms with Crippen LogP contribution in [0, 0.1) is 0 Å². The van der Waals surface area contributed by atoms with Crippen molar-refractivity contribution in [1.82, 2.24) is 4.98 Å². The lowest BCUT2D eigenvalue weighted by Gasteiger charge is -2.08. The first-order valence-corrected chi connectivity index (χ1v) is 7.05. The van der Waals surface area contributed by atoms with E-state index in [1.54, 1.807) is 0 Å². The van der Waals surface area contributed by atoms with Gasteiger partial charge in [-0.15, -0.1) is 0 Å². The monoisotopic (exact) mass is 190 g/mol. The van der Waals surface area contributed by atoms with Gasteiger partial charge in [0, 0.05) is 0 Å². The van der Waals surface area contributed by atoms with Crippen LogP contribution in [0.15, 0.2) is 12.4 Å². The number of rotatable bonds is 1. The molecule has 0 fully saturated rings. The number of aromatic amines is 1. The van der Waals surface area contributed by atoms with Crippen molar-refractivity contribution in [3.05, 3.63) is 12.4 Å². The van der Waals surface area contributed by atoms with Crippen LogP contribution in [0.3, 0.4) is 0 Å². The van der Waals surface area contributed by atoms with Crippen LogP contribution in [-0.2, 0) is 7.05 Å². The Morgan fingerprint density at radius 2 is 1.91 bits per heavy atom. The largest absolute Gasteiger partial charge is 1.00 e. The van der Waals surface area contributed by atoms with E-state index in [1.165, 1.54) is 5.45 Å². The number of hydrogen-bond acceptors (Lipinski definition) is 0. The Labute approximate surface area is 75.1 Å². The van der Waals surface area contributed by atoms with E-state index in [2.05, 4.69) is 42.4 Å². The third-order valence-electron chi connectivity index (χ3n) is 1.58. The first-order chi connectivity index (χ1) is 4.52. The number of aryl methyl sites for hydroxylation is 1. The molecule has 1 heterocycles. The van der Waals surface area contributed by atoms with Gasteiger partial charge in [-0.05, 0) is 0 Å². The Hall–Kier alpha value is -0.283. The number of H-pyrrole nitrogens is 1. The maximum absolute atomic E-state index is 3.27. The standard InChI is InChI=1S/C7H14N2Si.ClH/c1-9-6-5-8-7(9)10(2,3)4;/h5-6H,1-4H3;1H. The molecule has 0 aromatic carbocycles. The molecule has 0 radical (unpaired) electrons. The molecule has 1 N–H and O–H groups in total. The molecule has 11 heavy (non-hydrogen) atoms. The van der Waals surface area contributed by atoms with Gasteiger partial charge in [-0.25, -0.2) is 4.57 Å². The van der Waals surface area contributed by atoms with E-state index in [9.17, 15) is 0 Å². The third-order valence-corrected chi connectivity index (χ3v) is 3.50. The molecule has 0 aliphatic carbocycles. The number of imidazole rings is 1. The summed E-state index contributed by atoms with van der Waals surface area (Å²) in [6.45, 7) is 7.00. The maximum atomic E-state index is 3.27. The fraction of sp³-hybridized carbons (Fsp3) is 0.571. The first kappa shape index (κ1) is 10.7. The van der Waals surface area contributed by atoms with Crippen LogP contribution in [-0.4, -0.2) is 13.1 Å². The molecule has 1 aromatic heterocycles. The molecule has 1 aromatic rings. The van der Waals surface area contributed by atoms with E-state index < -0.39 is 8.07 Å². The van der Waals surface area contributed by atoms with Crippen molar-refractivity contribution in [3.63, 3.8) is 0 Å². The minimum absolute atomic E-state index is 0. The summed E-state index contributed by atoms with van der Waals surface area (Å²) in [4.78, 5) is 3.27. The lowest BCUT2D eigenvalue weighted by molar-refractivity contribution is -0.652. The molecule has 4 heteroatoms. The number of nitrogens with zero attached hydrogens (tertiary/aromatic N) is 1. The SMILES string of the molecule is C[n+]1cc[nH]c1[Si](C)(C)C.[Cl-]. The average Bonchev–Trinajstić information content (AvgIpc) is 2.11. The van der Waals surface area contributed by atoms with Crippen LogP contribution in [0.25, 0.3) is 0 Å². The van der Waals surface area contributed by atoms with E-state index >= 15 is 0 Å². The average molecular weight is 191 g/mol. The van der Waals surface area contributed by atoms with Gasteiger partial charge in [0.05, 0.1) is 7.05 Å².